The summed E-state index contributed by atoms with van der Waals surface area (Å²) in [5, 5.41) is 20.1. The molecule has 25 heavy (non-hydrogen) atoms. The quantitative estimate of drug-likeness (QED) is 0.626. The van der Waals surface area contributed by atoms with Crippen molar-refractivity contribution >= 4 is 11.9 Å². The summed E-state index contributed by atoms with van der Waals surface area (Å²) in [5.74, 6) is -2.85. The molecule has 0 unspecified atom stereocenters. The SMILES string of the molecule is NCc1ccc(C(=O)NCCc2cn[nH]n2)cc1.O=C(O)C(F)(F)F. The maximum Gasteiger partial charge on any atom is 0.490 e. The Labute approximate surface area is 140 Å². The van der Waals surface area contributed by atoms with Crippen molar-refractivity contribution in [1.82, 2.24) is 20.7 Å². The van der Waals surface area contributed by atoms with Gasteiger partial charge in [0, 0.05) is 25.1 Å². The van der Waals surface area contributed by atoms with E-state index < -0.39 is 12.1 Å². The summed E-state index contributed by atoms with van der Waals surface area (Å²) in [7, 11) is 0. The van der Waals surface area contributed by atoms with E-state index in [0.717, 1.165) is 11.3 Å². The summed E-state index contributed by atoms with van der Waals surface area (Å²) < 4.78 is 31.7. The Morgan fingerprint density at radius 3 is 2.28 bits per heavy atom. The van der Waals surface area contributed by atoms with Crippen molar-refractivity contribution in [2.45, 2.75) is 19.1 Å². The highest BCUT2D eigenvalue weighted by Gasteiger charge is 2.38. The standard InChI is InChI=1S/C12H15N5O.C2HF3O2/c13-7-9-1-3-10(4-2-9)12(18)14-6-5-11-8-15-17-16-11;3-2(4,5)1(6)7/h1-4,8H,5-7,13H2,(H,14,18)(H,15,16,17);(H,6,7). The number of carbonyl (C=O) groups excluding carboxylic acids is 1. The first-order valence-corrected chi connectivity index (χ1v) is 6.96. The highest BCUT2D eigenvalue weighted by Crippen LogP contribution is 2.13. The molecule has 1 aromatic carbocycles. The lowest BCUT2D eigenvalue weighted by Gasteiger charge is -2.04. The number of rotatable bonds is 5. The minimum absolute atomic E-state index is 0.0953. The topological polar surface area (TPSA) is 134 Å². The molecule has 0 saturated heterocycles. The highest BCUT2D eigenvalue weighted by molar-refractivity contribution is 5.94. The molecule has 0 spiro atoms. The van der Waals surface area contributed by atoms with E-state index in [2.05, 4.69) is 20.7 Å². The van der Waals surface area contributed by atoms with Crippen LogP contribution in [0.4, 0.5) is 13.2 Å². The first kappa shape index (κ1) is 20.1. The van der Waals surface area contributed by atoms with Gasteiger partial charge < -0.3 is 16.2 Å². The number of nitrogens with one attached hydrogen (secondary N) is 2. The second kappa shape index (κ2) is 9.37. The van der Waals surface area contributed by atoms with Crippen molar-refractivity contribution in [2.24, 2.45) is 5.73 Å². The smallest absolute Gasteiger partial charge is 0.475 e. The molecule has 136 valence electrons. The second-order valence-corrected chi connectivity index (χ2v) is 4.67. The zero-order chi connectivity index (χ0) is 18.9. The number of H-pyrrole nitrogens is 1. The van der Waals surface area contributed by atoms with E-state index in [1.807, 2.05) is 12.1 Å². The number of nitrogens with zero attached hydrogens (tertiary/aromatic N) is 2. The Morgan fingerprint density at radius 2 is 1.84 bits per heavy atom. The van der Waals surface area contributed by atoms with Crippen molar-refractivity contribution in [3.63, 3.8) is 0 Å². The molecular weight excluding hydrogens is 343 g/mol. The zero-order valence-electron chi connectivity index (χ0n) is 12.9. The Morgan fingerprint density at radius 1 is 1.24 bits per heavy atom. The number of amides is 1. The molecule has 8 nitrogen and oxygen atoms in total. The maximum absolute atomic E-state index is 11.8. The zero-order valence-corrected chi connectivity index (χ0v) is 12.9. The molecule has 5 N–H and O–H groups in total. The number of aromatic nitrogens is 3. The van der Waals surface area contributed by atoms with Gasteiger partial charge >= 0.3 is 12.1 Å². The van der Waals surface area contributed by atoms with Crippen molar-refractivity contribution in [1.29, 1.82) is 0 Å². The average molecular weight is 359 g/mol. The molecule has 0 atom stereocenters. The molecule has 0 fully saturated rings. The molecule has 2 aromatic rings. The van der Waals surface area contributed by atoms with E-state index in [1.54, 1.807) is 18.3 Å². The average Bonchev–Trinajstić information content (AvgIpc) is 3.08. The first-order chi connectivity index (χ1) is 11.7. The number of hydrogen-bond donors (Lipinski definition) is 4. The number of carboxylic acids is 1. The van der Waals surface area contributed by atoms with Crippen LogP contribution in [0.5, 0.6) is 0 Å². The van der Waals surface area contributed by atoms with E-state index >= 15 is 0 Å². The van der Waals surface area contributed by atoms with Crippen molar-refractivity contribution < 1.29 is 27.9 Å². The van der Waals surface area contributed by atoms with Crippen LogP contribution in [0.3, 0.4) is 0 Å². The number of nitrogens with two attached hydrogens (primary N) is 1. The van der Waals surface area contributed by atoms with Crippen LogP contribution in [0.25, 0.3) is 0 Å². The molecule has 0 aliphatic rings. The summed E-state index contributed by atoms with van der Waals surface area (Å²) >= 11 is 0. The predicted octanol–water partition coefficient (Wildman–Crippen LogP) is 0.869. The summed E-state index contributed by atoms with van der Waals surface area (Å²) in [6, 6.07) is 7.25. The molecule has 1 aromatic heterocycles. The van der Waals surface area contributed by atoms with E-state index in [9.17, 15) is 18.0 Å². The molecule has 0 aliphatic heterocycles. The monoisotopic (exact) mass is 359 g/mol. The van der Waals surface area contributed by atoms with Gasteiger partial charge in [-0.2, -0.15) is 28.6 Å². The largest absolute Gasteiger partial charge is 0.490 e. The number of aliphatic carboxylic acids is 1. The van der Waals surface area contributed by atoms with Gasteiger partial charge in [-0.1, -0.05) is 12.1 Å². The minimum atomic E-state index is -5.08. The van der Waals surface area contributed by atoms with Crippen LogP contribution in [0.15, 0.2) is 30.5 Å². The van der Waals surface area contributed by atoms with Crippen molar-refractivity contribution in [3.05, 3.63) is 47.3 Å². The molecule has 0 saturated carbocycles. The lowest BCUT2D eigenvalue weighted by atomic mass is 10.1. The molecular formula is C14H16F3N5O3. The van der Waals surface area contributed by atoms with Gasteiger partial charge in [-0.25, -0.2) is 4.79 Å². The maximum atomic E-state index is 11.8. The Bertz CT molecular complexity index is 672. The fourth-order valence-corrected chi connectivity index (χ4v) is 1.54. The van der Waals surface area contributed by atoms with Crippen LogP contribution in [0.1, 0.15) is 21.6 Å². The summed E-state index contributed by atoms with van der Waals surface area (Å²) in [6.07, 6.45) is -2.79. The molecule has 11 heteroatoms. The molecule has 1 heterocycles. The second-order valence-electron chi connectivity index (χ2n) is 4.67. The fourth-order valence-electron chi connectivity index (χ4n) is 1.54. The minimum Gasteiger partial charge on any atom is -0.475 e. The fraction of sp³-hybridized carbons (Fsp3) is 0.286. The number of aromatic amines is 1. The molecule has 0 aliphatic carbocycles. The number of hydrogen-bond acceptors (Lipinski definition) is 5. The van der Waals surface area contributed by atoms with Crippen LogP contribution in [0, 0.1) is 0 Å². The molecule has 0 bridgehead atoms. The number of halogens is 3. The molecule has 0 radical (unpaired) electrons. The van der Waals surface area contributed by atoms with Crippen LogP contribution < -0.4 is 11.1 Å². The Kier molecular flexibility index (Phi) is 7.53. The summed E-state index contributed by atoms with van der Waals surface area (Å²) in [4.78, 5) is 20.7. The third kappa shape index (κ3) is 7.44. The van der Waals surface area contributed by atoms with Crippen LogP contribution in [0.2, 0.25) is 0 Å². The normalized spacial score (nSPS) is 10.6. The molecule has 2 rings (SSSR count). The van der Waals surface area contributed by atoms with E-state index in [4.69, 9.17) is 15.6 Å². The van der Waals surface area contributed by atoms with Gasteiger partial charge in [0.15, 0.2) is 0 Å². The van der Waals surface area contributed by atoms with Gasteiger partial charge in [0.25, 0.3) is 5.91 Å². The number of carbonyl (C=O) groups is 2. The predicted molar refractivity (Wildman–Crippen MR) is 80.4 cm³/mol. The lowest BCUT2D eigenvalue weighted by molar-refractivity contribution is -0.192. The molecule has 1 amide bonds. The van der Waals surface area contributed by atoms with E-state index in [1.165, 1.54) is 0 Å². The highest BCUT2D eigenvalue weighted by atomic mass is 19.4. The van der Waals surface area contributed by atoms with Gasteiger partial charge in [-0.3, -0.25) is 4.79 Å². The van der Waals surface area contributed by atoms with Crippen molar-refractivity contribution in [3.8, 4) is 0 Å². The Hall–Kier alpha value is -2.95. The first-order valence-electron chi connectivity index (χ1n) is 6.96. The van der Waals surface area contributed by atoms with Gasteiger partial charge in [-0.05, 0) is 17.7 Å². The Balaban J connectivity index is 0.000000381. The third-order valence-electron chi connectivity index (χ3n) is 2.83. The van der Waals surface area contributed by atoms with Crippen LogP contribution >= 0.6 is 0 Å². The van der Waals surface area contributed by atoms with Crippen LogP contribution in [-0.2, 0) is 17.8 Å². The summed E-state index contributed by atoms with van der Waals surface area (Å²) in [6.45, 7) is 1.01. The van der Waals surface area contributed by atoms with Gasteiger partial charge in [-0.15, -0.1) is 0 Å². The van der Waals surface area contributed by atoms with Crippen molar-refractivity contribution in [2.75, 3.05) is 6.54 Å². The van der Waals surface area contributed by atoms with E-state index in [0.29, 0.717) is 25.1 Å². The van der Waals surface area contributed by atoms with Crippen LogP contribution in [-0.4, -0.2) is 45.1 Å². The van der Waals surface area contributed by atoms with Gasteiger partial charge in [0.05, 0.1) is 11.9 Å². The lowest BCUT2D eigenvalue weighted by Crippen LogP contribution is -2.25. The van der Waals surface area contributed by atoms with Gasteiger partial charge in [0.1, 0.15) is 0 Å². The van der Waals surface area contributed by atoms with E-state index in [-0.39, 0.29) is 5.91 Å². The number of benzene rings is 1. The summed E-state index contributed by atoms with van der Waals surface area (Å²) in [5.41, 5.74) is 7.96. The van der Waals surface area contributed by atoms with Gasteiger partial charge in [0.2, 0.25) is 0 Å². The number of alkyl halides is 3. The third-order valence-corrected chi connectivity index (χ3v) is 2.83. The number of carboxylic acid groups (broad SMARTS) is 1.